The van der Waals surface area contributed by atoms with Crippen molar-refractivity contribution >= 4 is 11.6 Å². The lowest BCUT2D eigenvalue weighted by molar-refractivity contribution is 0.410. The van der Waals surface area contributed by atoms with Crippen LogP contribution in [0.4, 0.5) is 0 Å². The lowest BCUT2D eigenvalue weighted by Gasteiger charge is -2.17. The molecule has 0 amide bonds. The highest BCUT2D eigenvalue weighted by molar-refractivity contribution is 6.21. The number of benzene rings is 1. The molecule has 16 heavy (non-hydrogen) atoms. The largest absolute Gasteiger partial charge is 0.496 e. The summed E-state index contributed by atoms with van der Waals surface area (Å²) in [6.07, 6.45) is 6.65. The van der Waals surface area contributed by atoms with E-state index in [1.165, 1.54) is 24.0 Å². The van der Waals surface area contributed by atoms with Crippen LogP contribution in [0, 0.1) is 0 Å². The molecule has 2 rings (SSSR count). The van der Waals surface area contributed by atoms with Crippen molar-refractivity contribution in [1.29, 1.82) is 0 Å². The van der Waals surface area contributed by atoms with E-state index in [4.69, 9.17) is 16.3 Å². The van der Waals surface area contributed by atoms with E-state index in [1.807, 2.05) is 12.1 Å². The van der Waals surface area contributed by atoms with Crippen LogP contribution < -0.4 is 4.74 Å². The van der Waals surface area contributed by atoms with Gasteiger partial charge in [0.15, 0.2) is 0 Å². The maximum Gasteiger partial charge on any atom is 0.122 e. The molecule has 0 saturated heterocycles. The van der Waals surface area contributed by atoms with E-state index in [0.717, 1.165) is 18.6 Å². The van der Waals surface area contributed by atoms with Gasteiger partial charge in [-0.15, -0.1) is 11.6 Å². The summed E-state index contributed by atoms with van der Waals surface area (Å²) in [4.78, 5) is 0. The van der Waals surface area contributed by atoms with Crippen LogP contribution in [0.3, 0.4) is 0 Å². The van der Waals surface area contributed by atoms with E-state index >= 15 is 0 Å². The summed E-state index contributed by atoms with van der Waals surface area (Å²) in [5, 5.41) is 0.221. The summed E-state index contributed by atoms with van der Waals surface area (Å²) in [6.45, 7) is 0. The van der Waals surface area contributed by atoms with Gasteiger partial charge >= 0.3 is 0 Å². The molecular weight excluding hydrogens is 220 g/mol. The van der Waals surface area contributed by atoms with Gasteiger partial charge in [-0.1, -0.05) is 29.8 Å². The van der Waals surface area contributed by atoms with Crippen LogP contribution in [0.25, 0.3) is 0 Å². The van der Waals surface area contributed by atoms with Crippen LogP contribution in [-0.2, 0) is 6.42 Å². The molecule has 1 atom stereocenters. The van der Waals surface area contributed by atoms with E-state index in [9.17, 15) is 0 Å². The topological polar surface area (TPSA) is 9.23 Å². The normalized spacial score (nSPS) is 20.4. The number of rotatable bonds is 3. The molecule has 2 heteroatoms. The maximum atomic E-state index is 6.14. The van der Waals surface area contributed by atoms with Gasteiger partial charge in [0.05, 0.1) is 12.5 Å². The maximum absolute atomic E-state index is 6.14. The molecule has 0 saturated carbocycles. The van der Waals surface area contributed by atoms with Gasteiger partial charge in [-0.25, -0.2) is 0 Å². The molecule has 1 unspecified atom stereocenters. The Morgan fingerprint density at radius 1 is 1.38 bits per heavy atom. The van der Waals surface area contributed by atoms with Crippen LogP contribution in [-0.4, -0.2) is 12.5 Å². The smallest absolute Gasteiger partial charge is 0.122 e. The molecule has 0 aliphatic heterocycles. The molecule has 1 aromatic carbocycles. The molecule has 1 aliphatic carbocycles. The quantitative estimate of drug-likeness (QED) is 0.570. The van der Waals surface area contributed by atoms with Crippen molar-refractivity contribution in [3.05, 3.63) is 41.5 Å². The summed E-state index contributed by atoms with van der Waals surface area (Å²) >= 11 is 6.14. The minimum absolute atomic E-state index is 0.221. The van der Waals surface area contributed by atoms with Crippen molar-refractivity contribution in [3.63, 3.8) is 0 Å². The monoisotopic (exact) mass is 236 g/mol. The lowest BCUT2D eigenvalue weighted by atomic mass is 9.93. The number of ether oxygens (including phenoxy) is 1. The first-order valence-corrected chi connectivity index (χ1v) is 6.19. The number of methoxy groups -OCH3 is 1. The Bertz CT molecular complexity index is 384. The molecule has 0 aromatic heterocycles. The van der Waals surface area contributed by atoms with Gasteiger partial charge < -0.3 is 4.74 Å². The molecule has 0 N–H and O–H groups in total. The number of hydrogen-bond donors (Lipinski definition) is 0. The van der Waals surface area contributed by atoms with Gasteiger partial charge in [0.25, 0.3) is 0 Å². The van der Waals surface area contributed by atoms with Crippen molar-refractivity contribution in [1.82, 2.24) is 0 Å². The summed E-state index contributed by atoms with van der Waals surface area (Å²) in [5.74, 6) is 0.972. The second-order valence-electron chi connectivity index (χ2n) is 4.22. The number of hydrogen-bond acceptors (Lipinski definition) is 1. The van der Waals surface area contributed by atoms with E-state index < -0.39 is 0 Å². The number of para-hydroxylation sites is 1. The highest BCUT2D eigenvalue weighted by Crippen LogP contribution is 2.27. The fourth-order valence-electron chi connectivity index (χ4n) is 2.19. The summed E-state index contributed by atoms with van der Waals surface area (Å²) in [5.41, 5.74) is 2.69. The third-order valence-electron chi connectivity index (χ3n) is 3.00. The minimum Gasteiger partial charge on any atom is -0.496 e. The van der Waals surface area contributed by atoms with E-state index in [1.54, 1.807) is 7.11 Å². The first-order valence-electron chi connectivity index (χ1n) is 5.75. The highest BCUT2D eigenvalue weighted by Gasteiger charge is 2.12. The molecule has 1 aromatic rings. The summed E-state index contributed by atoms with van der Waals surface area (Å²) < 4.78 is 5.35. The molecule has 0 fully saturated rings. The van der Waals surface area contributed by atoms with Gasteiger partial charge in [-0.05, 0) is 37.3 Å². The van der Waals surface area contributed by atoms with Gasteiger partial charge in [0.1, 0.15) is 5.75 Å². The fraction of sp³-hybridized carbons (Fsp3) is 0.429. The first kappa shape index (κ1) is 11.5. The lowest BCUT2D eigenvalue weighted by Crippen LogP contribution is -2.05. The predicted octanol–water partition coefficient (Wildman–Crippen LogP) is 3.96. The fourth-order valence-corrected chi connectivity index (χ4v) is 2.52. The van der Waals surface area contributed by atoms with Gasteiger partial charge in [0, 0.05) is 0 Å². The Kier molecular flexibility index (Phi) is 3.89. The summed E-state index contributed by atoms with van der Waals surface area (Å²) in [7, 11) is 1.72. The third-order valence-corrected chi connectivity index (χ3v) is 3.35. The Labute approximate surface area is 102 Å². The van der Waals surface area contributed by atoms with Crippen molar-refractivity contribution in [3.8, 4) is 5.75 Å². The Balaban J connectivity index is 2.14. The van der Waals surface area contributed by atoms with Crippen LogP contribution >= 0.6 is 11.6 Å². The van der Waals surface area contributed by atoms with Crippen molar-refractivity contribution < 1.29 is 4.74 Å². The third kappa shape index (κ3) is 2.79. The van der Waals surface area contributed by atoms with Crippen LogP contribution in [0.15, 0.2) is 35.9 Å². The minimum atomic E-state index is 0.221. The van der Waals surface area contributed by atoms with Crippen LogP contribution in [0.2, 0.25) is 0 Å². The zero-order valence-electron chi connectivity index (χ0n) is 9.58. The molecule has 0 bridgehead atoms. The number of halogens is 1. The van der Waals surface area contributed by atoms with Crippen LogP contribution in [0.5, 0.6) is 5.75 Å². The highest BCUT2D eigenvalue weighted by atomic mass is 35.5. The SMILES string of the molecule is COc1ccccc1CC1=CC(Cl)CCC1. The van der Waals surface area contributed by atoms with E-state index in [-0.39, 0.29) is 5.38 Å². The average Bonchev–Trinajstić information content (AvgIpc) is 2.30. The second kappa shape index (κ2) is 5.40. The molecule has 1 nitrogen and oxygen atoms in total. The summed E-state index contributed by atoms with van der Waals surface area (Å²) in [6, 6.07) is 8.19. The Morgan fingerprint density at radius 3 is 2.94 bits per heavy atom. The molecule has 0 heterocycles. The number of allylic oxidation sites excluding steroid dienone is 2. The standard InChI is InChI=1S/C14H17ClO/c1-16-14-8-3-2-6-12(14)9-11-5-4-7-13(15)10-11/h2-3,6,8,10,13H,4-5,7,9H2,1H3. The molecule has 86 valence electrons. The van der Waals surface area contributed by atoms with Crippen molar-refractivity contribution in [2.24, 2.45) is 0 Å². The molecule has 0 radical (unpaired) electrons. The molecule has 1 aliphatic rings. The van der Waals surface area contributed by atoms with E-state index in [2.05, 4.69) is 18.2 Å². The molecular formula is C14H17ClO. The second-order valence-corrected chi connectivity index (χ2v) is 4.78. The van der Waals surface area contributed by atoms with Crippen molar-refractivity contribution in [2.45, 2.75) is 31.1 Å². The predicted molar refractivity (Wildman–Crippen MR) is 68.3 cm³/mol. The average molecular weight is 237 g/mol. The zero-order valence-corrected chi connectivity index (χ0v) is 10.3. The zero-order chi connectivity index (χ0) is 11.4. The van der Waals surface area contributed by atoms with Crippen LogP contribution in [0.1, 0.15) is 24.8 Å². The van der Waals surface area contributed by atoms with Gasteiger partial charge in [-0.3, -0.25) is 0 Å². The number of alkyl halides is 1. The molecule has 0 spiro atoms. The van der Waals surface area contributed by atoms with Gasteiger partial charge in [-0.2, -0.15) is 0 Å². The van der Waals surface area contributed by atoms with Crippen molar-refractivity contribution in [2.75, 3.05) is 7.11 Å². The Morgan fingerprint density at radius 2 is 2.19 bits per heavy atom. The van der Waals surface area contributed by atoms with E-state index in [0.29, 0.717) is 0 Å². The van der Waals surface area contributed by atoms with Gasteiger partial charge in [0.2, 0.25) is 0 Å². The Hall–Kier alpha value is -0.950. The first-order chi connectivity index (χ1) is 7.79.